The topological polar surface area (TPSA) is 17.1 Å². The van der Waals surface area contributed by atoms with Crippen LogP contribution in [0, 0.1) is 10.8 Å². The van der Waals surface area contributed by atoms with Crippen molar-refractivity contribution in [3.8, 4) is 0 Å². The first-order chi connectivity index (χ1) is 5.79. The molecule has 1 nitrogen and oxygen atoms in total. The first-order valence-corrected chi connectivity index (χ1v) is 5.33. The van der Waals surface area contributed by atoms with E-state index in [1.807, 2.05) is 0 Å². The Kier molecular flexibility index (Phi) is 1.15. The van der Waals surface area contributed by atoms with Crippen LogP contribution in [0.3, 0.4) is 0 Å². The number of Topliss-reactive ketones (excluding diaryl/α,β-unsaturated/α-hetero) is 1. The first kappa shape index (κ1) is 7.11. The molecule has 3 rings (SSSR count). The van der Waals surface area contributed by atoms with Gasteiger partial charge in [-0.2, -0.15) is 0 Å². The summed E-state index contributed by atoms with van der Waals surface area (Å²) in [5, 5.41) is 0. The van der Waals surface area contributed by atoms with Gasteiger partial charge in [0.15, 0.2) is 0 Å². The number of carbonyl (C=O) groups excluding carboxylic acids is 1. The van der Waals surface area contributed by atoms with Crippen molar-refractivity contribution in [1.82, 2.24) is 0 Å². The lowest BCUT2D eigenvalue weighted by molar-refractivity contribution is -0.156. The standard InChI is InChI=1S/C11H16O/c12-9-3-1-4-10-5-2-6-11(9,10)8-7-10/h1-8H2/t10-,11+/m0/s1. The zero-order chi connectivity index (χ0) is 8.23. The molecule has 0 aromatic rings. The molecule has 0 spiro atoms. The van der Waals surface area contributed by atoms with E-state index >= 15 is 0 Å². The van der Waals surface area contributed by atoms with Gasteiger partial charge in [-0.3, -0.25) is 4.79 Å². The molecule has 0 amide bonds. The van der Waals surface area contributed by atoms with E-state index in [-0.39, 0.29) is 5.41 Å². The third kappa shape index (κ3) is 0.541. The number of carbonyl (C=O) groups is 1. The van der Waals surface area contributed by atoms with Crippen molar-refractivity contribution in [3.05, 3.63) is 0 Å². The van der Waals surface area contributed by atoms with Crippen LogP contribution in [0.25, 0.3) is 0 Å². The zero-order valence-corrected chi connectivity index (χ0v) is 7.57. The predicted octanol–water partition coefficient (Wildman–Crippen LogP) is 2.69. The Balaban J connectivity index is 2.05. The first-order valence-electron chi connectivity index (χ1n) is 5.33. The smallest absolute Gasteiger partial charge is 0.139 e. The zero-order valence-electron chi connectivity index (χ0n) is 7.57. The monoisotopic (exact) mass is 164 g/mol. The van der Waals surface area contributed by atoms with E-state index in [1.54, 1.807) is 0 Å². The van der Waals surface area contributed by atoms with Crippen molar-refractivity contribution in [3.63, 3.8) is 0 Å². The highest BCUT2D eigenvalue weighted by molar-refractivity contribution is 5.88. The predicted molar refractivity (Wildman–Crippen MR) is 46.8 cm³/mol. The number of rotatable bonds is 0. The van der Waals surface area contributed by atoms with E-state index in [9.17, 15) is 4.79 Å². The van der Waals surface area contributed by atoms with Crippen LogP contribution in [0.2, 0.25) is 0 Å². The van der Waals surface area contributed by atoms with Crippen molar-refractivity contribution >= 4 is 5.78 Å². The fraction of sp³-hybridized carbons (Fsp3) is 0.909. The average Bonchev–Trinajstić information content (AvgIpc) is 2.31. The van der Waals surface area contributed by atoms with Crippen LogP contribution in [-0.4, -0.2) is 5.78 Å². The molecule has 0 unspecified atom stereocenters. The second-order valence-electron chi connectivity index (χ2n) is 4.99. The van der Waals surface area contributed by atoms with Gasteiger partial charge in [-0.05, 0) is 43.9 Å². The van der Waals surface area contributed by atoms with E-state index in [2.05, 4.69) is 0 Å². The minimum Gasteiger partial charge on any atom is -0.299 e. The maximum Gasteiger partial charge on any atom is 0.139 e. The third-order valence-corrected chi connectivity index (χ3v) is 4.90. The largest absolute Gasteiger partial charge is 0.299 e. The molecule has 0 radical (unpaired) electrons. The number of hydrogen-bond donors (Lipinski definition) is 0. The summed E-state index contributed by atoms with van der Waals surface area (Å²) in [5.74, 6) is 0.623. The molecule has 0 bridgehead atoms. The molecular weight excluding hydrogens is 148 g/mol. The van der Waals surface area contributed by atoms with E-state index in [1.165, 1.54) is 44.9 Å². The lowest BCUT2D eigenvalue weighted by atomic mass is 9.45. The molecule has 12 heavy (non-hydrogen) atoms. The molecule has 3 fully saturated rings. The van der Waals surface area contributed by atoms with Gasteiger partial charge in [0.25, 0.3) is 0 Å². The second-order valence-corrected chi connectivity index (χ2v) is 4.99. The number of hydrogen-bond acceptors (Lipinski definition) is 1. The molecule has 0 aromatic heterocycles. The van der Waals surface area contributed by atoms with E-state index in [0.717, 1.165) is 6.42 Å². The molecule has 0 heterocycles. The average molecular weight is 164 g/mol. The maximum atomic E-state index is 11.9. The second kappa shape index (κ2) is 1.94. The summed E-state index contributed by atoms with van der Waals surface area (Å²) in [4.78, 5) is 11.9. The van der Waals surface area contributed by atoms with Crippen LogP contribution in [0.15, 0.2) is 0 Å². The molecule has 3 aliphatic rings. The highest BCUT2D eigenvalue weighted by Crippen LogP contribution is 2.71. The molecule has 3 saturated carbocycles. The SMILES string of the molecule is O=C1CCC[C@@]23CCC[C@@]12CC3. The molecule has 3 aliphatic carbocycles. The molecule has 0 N–H and O–H groups in total. The Hall–Kier alpha value is -0.330. The van der Waals surface area contributed by atoms with Gasteiger partial charge in [-0.25, -0.2) is 0 Å². The van der Waals surface area contributed by atoms with Crippen LogP contribution in [0.1, 0.15) is 51.4 Å². The summed E-state index contributed by atoms with van der Waals surface area (Å²) >= 11 is 0. The summed E-state index contributed by atoms with van der Waals surface area (Å²) in [6.07, 6.45) is 9.93. The van der Waals surface area contributed by atoms with E-state index < -0.39 is 0 Å². The van der Waals surface area contributed by atoms with Crippen LogP contribution >= 0.6 is 0 Å². The summed E-state index contributed by atoms with van der Waals surface area (Å²) in [6, 6.07) is 0. The molecular formula is C11H16O. The minimum absolute atomic E-state index is 0.227. The molecule has 1 heteroatoms. The van der Waals surface area contributed by atoms with Gasteiger partial charge in [0.2, 0.25) is 0 Å². The van der Waals surface area contributed by atoms with Crippen LogP contribution in [-0.2, 0) is 4.79 Å². The summed E-state index contributed by atoms with van der Waals surface area (Å²) in [7, 11) is 0. The minimum atomic E-state index is 0.227. The third-order valence-electron chi connectivity index (χ3n) is 4.90. The maximum absolute atomic E-state index is 11.9. The van der Waals surface area contributed by atoms with Gasteiger partial charge >= 0.3 is 0 Å². The normalized spacial score (nSPS) is 51.2. The van der Waals surface area contributed by atoms with Crippen LogP contribution in [0.5, 0.6) is 0 Å². The van der Waals surface area contributed by atoms with Crippen molar-refractivity contribution < 1.29 is 4.79 Å². The van der Waals surface area contributed by atoms with E-state index in [4.69, 9.17) is 0 Å². The Morgan fingerprint density at radius 3 is 2.42 bits per heavy atom. The van der Waals surface area contributed by atoms with Crippen molar-refractivity contribution in [1.29, 1.82) is 0 Å². The molecule has 0 aromatic carbocycles. The van der Waals surface area contributed by atoms with Gasteiger partial charge in [0.1, 0.15) is 5.78 Å². The Morgan fingerprint density at radius 1 is 0.917 bits per heavy atom. The van der Waals surface area contributed by atoms with Crippen molar-refractivity contribution in [2.45, 2.75) is 51.4 Å². The molecule has 2 atom stereocenters. The quantitative estimate of drug-likeness (QED) is 0.538. The highest BCUT2D eigenvalue weighted by Gasteiger charge is 2.65. The van der Waals surface area contributed by atoms with Crippen molar-refractivity contribution in [2.75, 3.05) is 0 Å². The fourth-order valence-corrected chi connectivity index (χ4v) is 4.15. The summed E-state index contributed by atoms with van der Waals surface area (Å²) in [5.41, 5.74) is 0.758. The summed E-state index contributed by atoms with van der Waals surface area (Å²) in [6.45, 7) is 0. The number of ketones is 1. The Bertz CT molecular complexity index is 245. The lowest BCUT2D eigenvalue weighted by Crippen LogP contribution is -2.54. The Labute approximate surface area is 73.5 Å². The van der Waals surface area contributed by atoms with Gasteiger partial charge in [0, 0.05) is 11.8 Å². The molecule has 0 saturated heterocycles. The van der Waals surface area contributed by atoms with Crippen LogP contribution in [0.4, 0.5) is 0 Å². The van der Waals surface area contributed by atoms with Gasteiger partial charge < -0.3 is 0 Å². The van der Waals surface area contributed by atoms with Gasteiger partial charge in [-0.15, -0.1) is 0 Å². The van der Waals surface area contributed by atoms with E-state index in [0.29, 0.717) is 11.2 Å². The van der Waals surface area contributed by atoms with Crippen molar-refractivity contribution in [2.24, 2.45) is 10.8 Å². The Morgan fingerprint density at radius 2 is 1.75 bits per heavy atom. The van der Waals surface area contributed by atoms with Gasteiger partial charge in [0.05, 0.1) is 0 Å². The lowest BCUT2D eigenvalue weighted by Gasteiger charge is -2.57. The highest BCUT2D eigenvalue weighted by atomic mass is 16.1. The van der Waals surface area contributed by atoms with Crippen LogP contribution < -0.4 is 0 Å². The molecule has 66 valence electrons. The fourth-order valence-electron chi connectivity index (χ4n) is 4.15. The van der Waals surface area contributed by atoms with Gasteiger partial charge in [-0.1, -0.05) is 6.42 Å². The summed E-state index contributed by atoms with van der Waals surface area (Å²) < 4.78 is 0. The molecule has 0 aliphatic heterocycles.